The minimum atomic E-state index is 0.263. The Balaban J connectivity index is 1.99. The topological polar surface area (TPSA) is 25.2 Å². The van der Waals surface area contributed by atoms with E-state index in [1.54, 1.807) is 6.92 Å². The molecule has 112 valence electrons. The molecule has 0 atom stereocenters. The van der Waals surface area contributed by atoms with Crippen LogP contribution in [0.5, 0.6) is 0 Å². The van der Waals surface area contributed by atoms with Crippen LogP contribution in [0, 0.1) is 0 Å². The maximum atomic E-state index is 11.3. The summed E-state index contributed by atoms with van der Waals surface area (Å²) in [5, 5.41) is 1.32. The first-order valence-corrected chi connectivity index (χ1v) is 7.79. The number of rotatable bonds is 4. The van der Waals surface area contributed by atoms with Gasteiger partial charge in [0.2, 0.25) is 0 Å². The number of aryl methyl sites for hydroxylation is 2. The molecule has 0 saturated carbocycles. The Morgan fingerprint density at radius 2 is 1.90 bits per heavy atom. The van der Waals surface area contributed by atoms with Gasteiger partial charge in [0.1, 0.15) is 5.78 Å². The quantitative estimate of drug-likeness (QED) is 0.859. The Kier molecular flexibility index (Phi) is 3.62. The van der Waals surface area contributed by atoms with E-state index >= 15 is 0 Å². The fourth-order valence-electron chi connectivity index (χ4n) is 3.26. The predicted molar refractivity (Wildman–Crippen MR) is 86.3 cm³/mol. The van der Waals surface area contributed by atoms with E-state index in [1.807, 2.05) is 0 Å². The highest BCUT2D eigenvalue weighted by Crippen LogP contribution is 2.31. The van der Waals surface area contributed by atoms with Crippen molar-refractivity contribution in [2.75, 3.05) is 0 Å². The molecule has 21 heavy (non-hydrogen) atoms. The molecule has 3 nitrogen and oxygen atoms in total. The van der Waals surface area contributed by atoms with E-state index in [-0.39, 0.29) is 5.78 Å². The molecule has 2 aromatic rings. The van der Waals surface area contributed by atoms with Crippen molar-refractivity contribution in [3.05, 3.63) is 35.0 Å². The fraction of sp³-hybridized carbons (Fsp3) is 0.500. The summed E-state index contributed by atoms with van der Waals surface area (Å²) in [6, 6.07) is 5.27. The van der Waals surface area contributed by atoms with Gasteiger partial charge in [-0.15, -0.1) is 0 Å². The van der Waals surface area contributed by atoms with E-state index in [0.717, 1.165) is 19.5 Å². The van der Waals surface area contributed by atoms with E-state index in [1.165, 1.54) is 27.6 Å². The van der Waals surface area contributed by atoms with Crippen molar-refractivity contribution in [2.24, 2.45) is 7.05 Å². The van der Waals surface area contributed by atoms with Gasteiger partial charge in [0.25, 0.3) is 0 Å². The first-order valence-electron chi connectivity index (χ1n) is 7.79. The van der Waals surface area contributed by atoms with Crippen LogP contribution in [0.3, 0.4) is 0 Å². The molecule has 0 bridgehead atoms. The first kappa shape index (κ1) is 14.3. The molecule has 1 aliphatic heterocycles. The standard InChI is InChI=1S/C18H24N2O/c1-12(2)20-10-15-7-17-14(6-5-13(3)21)9-19(4)18(17)8-16(15)11-20/h7-9,12H,5-6,10-11H2,1-4H3. The van der Waals surface area contributed by atoms with Crippen LogP contribution in [0.1, 0.15) is 43.9 Å². The molecule has 0 amide bonds. The predicted octanol–water partition coefficient (Wildman–Crippen LogP) is 3.42. The van der Waals surface area contributed by atoms with Crippen molar-refractivity contribution in [1.29, 1.82) is 0 Å². The number of aromatic nitrogens is 1. The highest BCUT2D eigenvalue weighted by atomic mass is 16.1. The molecule has 0 spiro atoms. The fourth-order valence-corrected chi connectivity index (χ4v) is 3.26. The van der Waals surface area contributed by atoms with Crippen LogP contribution in [0.4, 0.5) is 0 Å². The van der Waals surface area contributed by atoms with Gasteiger partial charge in [-0.1, -0.05) is 0 Å². The third kappa shape index (κ3) is 2.62. The lowest BCUT2D eigenvalue weighted by Crippen LogP contribution is -2.24. The number of Topliss-reactive ketones (excluding diaryl/α,β-unsaturated/α-hetero) is 1. The number of carbonyl (C=O) groups is 1. The lowest BCUT2D eigenvalue weighted by Gasteiger charge is -2.18. The minimum absolute atomic E-state index is 0.263. The van der Waals surface area contributed by atoms with Gasteiger partial charge in [0.05, 0.1) is 0 Å². The van der Waals surface area contributed by atoms with E-state index in [0.29, 0.717) is 12.5 Å². The maximum Gasteiger partial charge on any atom is 0.130 e. The summed E-state index contributed by atoms with van der Waals surface area (Å²) in [5.41, 5.74) is 5.49. The van der Waals surface area contributed by atoms with E-state index in [9.17, 15) is 4.79 Å². The second kappa shape index (κ2) is 5.30. The Bertz CT molecular complexity index is 697. The molecule has 2 heterocycles. The highest BCUT2D eigenvalue weighted by molar-refractivity contribution is 5.86. The number of carbonyl (C=O) groups excluding carboxylic acids is 1. The molecule has 0 fully saturated rings. The summed E-state index contributed by atoms with van der Waals surface area (Å²) in [6.45, 7) is 8.28. The zero-order valence-electron chi connectivity index (χ0n) is 13.4. The molecule has 1 aromatic heterocycles. The molecule has 3 rings (SSSR count). The SMILES string of the molecule is CC(=O)CCc1cn(C)c2cc3c(cc12)CN(C(C)C)C3. The molecule has 0 N–H and O–H groups in total. The number of fused-ring (bicyclic) bond motifs is 2. The molecule has 0 saturated heterocycles. The zero-order chi connectivity index (χ0) is 15.1. The van der Waals surface area contributed by atoms with Gasteiger partial charge in [0, 0.05) is 49.7 Å². The van der Waals surface area contributed by atoms with Crippen LogP contribution >= 0.6 is 0 Å². The molecule has 3 heteroatoms. The average Bonchev–Trinajstić information content (AvgIpc) is 2.96. The van der Waals surface area contributed by atoms with Gasteiger partial charge >= 0.3 is 0 Å². The average molecular weight is 284 g/mol. The second-order valence-electron chi connectivity index (χ2n) is 6.60. The van der Waals surface area contributed by atoms with Crippen molar-refractivity contribution in [3.63, 3.8) is 0 Å². The monoisotopic (exact) mass is 284 g/mol. The number of benzene rings is 1. The Morgan fingerprint density at radius 1 is 1.24 bits per heavy atom. The highest BCUT2D eigenvalue weighted by Gasteiger charge is 2.22. The summed E-state index contributed by atoms with van der Waals surface area (Å²) >= 11 is 0. The van der Waals surface area contributed by atoms with Crippen LogP contribution in [0.25, 0.3) is 10.9 Å². The van der Waals surface area contributed by atoms with Crippen molar-refractivity contribution in [2.45, 2.75) is 52.7 Å². The number of hydrogen-bond donors (Lipinski definition) is 0. The molecule has 1 aliphatic rings. The third-order valence-electron chi connectivity index (χ3n) is 4.62. The van der Waals surface area contributed by atoms with E-state index < -0.39 is 0 Å². The molecular weight excluding hydrogens is 260 g/mol. The Hall–Kier alpha value is -1.61. The number of hydrogen-bond acceptors (Lipinski definition) is 2. The lowest BCUT2D eigenvalue weighted by molar-refractivity contribution is -0.116. The van der Waals surface area contributed by atoms with Crippen LogP contribution in [0.15, 0.2) is 18.3 Å². The zero-order valence-corrected chi connectivity index (χ0v) is 13.4. The largest absolute Gasteiger partial charge is 0.350 e. The smallest absolute Gasteiger partial charge is 0.130 e. The summed E-state index contributed by atoms with van der Waals surface area (Å²) < 4.78 is 2.20. The van der Waals surface area contributed by atoms with Crippen molar-refractivity contribution >= 4 is 16.7 Å². The molecule has 0 radical (unpaired) electrons. The van der Waals surface area contributed by atoms with Gasteiger partial charge in [-0.2, -0.15) is 0 Å². The van der Waals surface area contributed by atoms with Crippen LogP contribution in [-0.4, -0.2) is 21.3 Å². The van der Waals surface area contributed by atoms with Crippen molar-refractivity contribution < 1.29 is 4.79 Å². The molecule has 1 aromatic carbocycles. The maximum absolute atomic E-state index is 11.3. The Labute approximate surface area is 126 Å². The van der Waals surface area contributed by atoms with Gasteiger partial charge in [-0.05, 0) is 56.0 Å². The van der Waals surface area contributed by atoms with Crippen LogP contribution < -0.4 is 0 Å². The van der Waals surface area contributed by atoms with Gasteiger partial charge in [-0.25, -0.2) is 0 Å². The normalized spacial score (nSPS) is 15.1. The minimum Gasteiger partial charge on any atom is -0.350 e. The first-order chi connectivity index (χ1) is 9.95. The Morgan fingerprint density at radius 3 is 2.52 bits per heavy atom. The molecule has 0 aliphatic carbocycles. The van der Waals surface area contributed by atoms with E-state index in [4.69, 9.17) is 0 Å². The van der Waals surface area contributed by atoms with Crippen molar-refractivity contribution in [1.82, 2.24) is 9.47 Å². The molecular formula is C18H24N2O. The van der Waals surface area contributed by atoms with Gasteiger partial charge < -0.3 is 9.36 Å². The van der Waals surface area contributed by atoms with E-state index in [2.05, 4.69) is 48.7 Å². The lowest BCUT2D eigenvalue weighted by atomic mass is 10.0. The third-order valence-corrected chi connectivity index (χ3v) is 4.62. The van der Waals surface area contributed by atoms with Crippen molar-refractivity contribution in [3.8, 4) is 0 Å². The number of ketones is 1. The van der Waals surface area contributed by atoms with Gasteiger partial charge in [-0.3, -0.25) is 4.90 Å². The summed E-state index contributed by atoms with van der Waals surface area (Å²) in [7, 11) is 2.10. The van der Waals surface area contributed by atoms with Gasteiger partial charge in [0.15, 0.2) is 0 Å². The number of nitrogens with zero attached hydrogens (tertiary/aromatic N) is 2. The van der Waals surface area contributed by atoms with Crippen LogP contribution in [-0.2, 0) is 31.4 Å². The second-order valence-corrected chi connectivity index (χ2v) is 6.60. The summed E-state index contributed by atoms with van der Waals surface area (Å²) in [5.74, 6) is 0.263. The summed E-state index contributed by atoms with van der Waals surface area (Å²) in [4.78, 5) is 13.8. The summed E-state index contributed by atoms with van der Waals surface area (Å²) in [6.07, 6.45) is 3.66. The molecule has 0 unspecified atom stereocenters. The van der Waals surface area contributed by atoms with Crippen LogP contribution in [0.2, 0.25) is 0 Å².